The van der Waals surface area contributed by atoms with Crippen LogP contribution in [0.1, 0.15) is 158 Å². The number of anilines is 2. The van der Waals surface area contributed by atoms with E-state index in [1.165, 1.54) is 24.3 Å². The van der Waals surface area contributed by atoms with E-state index in [0.29, 0.717) is 41.8 Å². The van der Waals surface area contributed by atoms with E-state index in [9.17, 15) is 23.2 Å². The molecule has 8 aromatic carbocycles. The van der Waals surface area contributed by atoms with Crippen LogP contribution >= 0.6 is 11.9 Å². The van der Waals surface area contributed by atoms with E-state index < -0.39 is 23.9 Å². The predicted molar refractivity (Wildman–Crippen MR) is 379 cm³/mol. The fraction of sp³-hybridized carbons (Fsp3) is 0.293. The largest absolute Gasteiger partial charge is 0.506 e. The second-order valence-electron chi connectivity index (χ2n) is 15.8. The summed E-state index contributed by atoms with van der Waals surface area (Å²) >= 11 is 4.74. The number of para-hydroxylation sites is 7. The Morgan fingerprint density at radius 1 is 0.489 bits per heavy atom. The first-order valence-corrected chi connectivity index (χ1v) is 31.8. The number of phenols is 1. The average molecular weight is 1290 g/mol. The van der Waals surface area contributed by atoms with Gasteiger partial charge in [0.25, 0.3) is 0 Å². The van der Waals surface area contributed by atoms with E-state index >= 15 is 0 Å². The summed E-state index contributed by atoms with van der Waals surface area (Å²) in [7, 11) is 0. The molecule has 0 radical (unpaired) electrons. The number of halogens is 3. The third-order valence-electron chi connectivity index (χ3n) is 10.6. The number of nitrogens with zero attached hydrogens (tertiary/aromatic N) is 2. The lowest BCUT2D eigenvalue weighted by molar-refractivity contribution is -0.145. The van der Waals surface area contributed by atoms with Gasteiger partial charge >= 0.3 is 17.9 Å². The van der Waals surface area contributed by atoms with Crippen LogP contribution in [0.15, 0.2) is 215 Å². The monoisotopic (exact) mass is 1290 g/mol. The van der Waals surface area contributed by atoms with E-state index in [1.807, 2.05) is 244 Å². The number of phenolic OH excluding ortho intramolecular Hbond substituents is 1. The Bertz CT molecular complexity index is 3350. The number of rotatable bonds is 11. The summed E-state index contributed by atoms with van der Waals surface area (Å²) in [6.07, 6.45) is 0. The normalized spacial score (nSPS) is 9.63. The SMILES string of the molecule is CC.CC.CC.CC.CC.CC.CC.CC.CCOC(=O)C(N)c1ccccc1.CCOC(=O)C(Nc1ccccc1-c1nc2ccccc2o1)c1ccccc1.Fc1ccccc1-c1nc2ccccc2o1.Nc1ccccc1O.O=C(OCl)c1ccccc1F. The van der Waals surface area contributed by atoms with Crippen LogP contribution in [-0.2, 0) is 23.4 Å². The molecule has 0 aliphatic rings. The fourth-order valence-electron chi connectivity index (χ4n) is 6.89. The molecule has 0 amide bonds. The van der Waals surface area contributed by atoms with Gasteiger partial charge in [-0.25, -0.2) is 33.1 Å². The van der Waals surface area contributed by atoms with Crippen LogP contribution in [0.5, 0.6) is 5.75 Å². The fourth-order valence-corrected chi connectivity index (χ4v) is 6.98. The average Bonchev–Trinajstić information content (AvgIpc) is 1.66. The van der Waals surface area contributed by atoms with Gasteiger partial charge in [0.1, 0.15) is 46.3 Å². The molecule has 2 atom stereocenters. The molecule has 92 heavy (non-hydrogen) atoms. The van der Waals surface area contributed by atoms with Gasteiger partial charge in [0.15, 0.2) is 17.2 Å². The van der Waals surface area contributed by atoms with Crippen molar-refractivity contribution < 1.29 is 50.9 Å². The molecule has 0 saturated carbocycles. The van der Waals surface area contributed by atoms with Gasteiger partial charge in [0.05, 0.1) is 35.6 Å². The molecule has 0 aliphatic carbocycles. The number of carbonyl (C=O) groups is 3. The number of aromatic hydroxyl groups is 1. The molecule has 2 unspecified atom stereocenters. The predicted octanol–water partition coefficient (Wildman–Crippen LogP) is 21.4. The van der Waals surface area contributed by atoms with E-state index in [0.717, 1.165) is 45.1 Å². The van der Waals surface area contributed by atoms with Crippen LogP contribution in [0, 0.1) is 11.6 Å². The number of nitrogens with two attached hydrogens (primary N) is 2. The maximum Gasteiger partial charge on any atom is 0.359 e. The number of aromatic nitrogens is 2. The van der Waals surface area contributed by atoms with Crippen molar-refractivity contribution in [3.8, 4) is 28.7 Å². The molecule has 10 rings (SSSR count). The summed E-state index contributed by atoms with van der Waals surface area (Å²) in [6, 6.07) is 58.6. The number of oxazole rings is 2. The number of nitrogen functional groups attached to an aromatic ring is 1. The number of esters is 2. The molecule has 0 saturated heterocycles. The van der Waals surface area contributed by atoms with Crippen molar-refractivity contribution in [3.63, 3.8) is 0 Å². The van der Waals surface area contributed by atoms with Crippen LogP contribution in [0.25, 0.3) is 45.1 Å². The molecule has 6 N–H and O–H groups in total. The standard InChI is InChI=1S/C23H20N2O3.C13H8FNO.C10H13NO2.C7H4ClFO2.C6H7NO.8C2H6/c1-2-27-23(26)21(16-10-4-3-5-11-16)24-18-13-7-6-12-17(18)22-25-19-14-8-9-15-20(19)28-22;14-10-6-2-1-5-9(10)13-15-11-7-3-4-8-12(11)16-13;1-2-13-10(12)9(11)8-6-4-3-5-7-8;8-11-7(10)5-3-1-2-4-6(5)9;7-5-3-1-2-4-6(5)8;8*1-2/h3-15,21,24H,2H2,1H3;1-8H;3-7,9H,2,11H2,1H3;1-4H;1-4,8H,7H2;8*1-2H3. The first-order chi connectivity index (χ1) is 44.9. The van der Waals surface area contributed by atoms with Crippen molar-refractivity contribution in [2.75, 3.05) is 24.3 Å². The molecule has 10 aromatic rings. The zero-order valence-corrected chi connectivity index (χ0v) is 57.9. The van der Waals surface area contributed by atoms with Crippen molar-refractivity contribution in [2.45, 2.75) is 137 Å². The van der Waals surface area contributed by atoms with Crippen molar-refractivity contribution in [1.29, 1.82) is 0 Å². The van der Waals surface area contributed by atoms with Crippen LogP contribution in [0.3, 0.4) is 0 Å². The zero-order valence-electron chi connectivity index (χ0n) is 57.1. The first-order valence-electron chi connectivity index (χ1n) is 31.5. The number of hydrogen-bond donors (Lipinski definition) is 4. The van der Waals surface area contributed by atoms with E-state index in [-0.39, 0.29) is 29.1 Å². The van der Waals surface area contributed by atoms with Gasteiger partial charge < -0.3 is 44.5 Å². The minimum atomic E-state index is -0.884. The van der Waals surface area contributed by atoms with E-state index in [1.54, 1.807) is 56.3 Å². The Morgan fingerprint density at radius 3 is 1.30 bits per heavy atom. The highest BCUT2D eigenvalue weighted by molar-refractivity contribution is 6.15. The molecule has 2 heterocycles. The molecule has 2 aromatic heterocycles. The summed E-state index contributed by atoms with van der Waals surface area (Å²) in [5.41, 5.74) is 17.6. The zero-order chi connectivity index (χ0) is 70.2. The molecular weight excluding hydrogens is 1190 g/mol. The molecule has 0 bridgehead atoms. The van der Waals surface area contributed by atoms with E-state index in [2.05, 4.69) is 19.6 Å². The Balaban J connectivity index is -0.00000107. The second kappa shape index (κ2) is 55.7. The second-order valence-corrected chi connectivity index (χ2v) is 15.9. The summed E-state index contributed by atoms with van der Waals surface area (Å²) in [6.45, 7) is 36.2. The smallest absolute Gasteiger partial charge is 0.359 e. The third kappa shape index (κ3) is 30.9. The highest BCUT2D eigenvalue weighted by atomic mass is 35.5. The Labute approximate surface area is 551 Å². The number of benzene rings is 8. The van der Waals surface area contributed by atoms with Gasteiger partial charge in [-0.15, -0.1) is 0 Å². The molecule has 14 nitrogen and oxygen atoms in total. The molecule has 0 spiro atoms. The highest BCUT2D eigenvalue weighted by Gasteiger charge is 2.24. The molecular formula is C75H100ClF2N5O9. The number of hydrogen-bond acceptors (Lipinski definition) is 14. The Morgan fingerprint density at radius 2 is 0.870 bits per heavy atom. The van der Waals surface area contributed by atoms with Crippen LogP contribution < -0.4 is 16.8 Å². The minimum Gasteiger partial charge on any atom is -0.506 e. The summed E-state index contributed by atoms with van der Waals surface area (Å²) in [4.78, 5) is 43.3. The summed E-state index contributed by atoms with van der Waals surface area (Å²) in [5, 5.41) is 12.1. The topological polar surface area (TPSA) is 215 Å². The quantitative estimate of drug-likeness (QED) is 0.0539. The van der Waals surface area contributed by atoms with Crippen molar-refractivity contribution in [2.24, 2.45) is 5.73 Å². The highest BCUT2D eigenvalue weighted by Crippen LogP contribution is 2.33. The molecule has 500 valence electrons. The lowest BCUT2D eigenvalue weighted by atomic mass is 10.1. The number of carbonyl (C=O) groups excluding carboxylic acids is 3. The van der Waals surface area contributed by atoms with Crippen LogP contribution in [0.2, 0.25) is 0 Å². The summed E-state index contributed by atoms with van der Waals surface area (Å²) < 4.78 is 51.5. The van der Waals surface area contributed by atoms with Crippen molar-refractivity contribution in [1.82, 2.24) is 9.97 Å². The minimum absolute atomic E-state index is 0.146. The molecule has 0 fully saturated rings. The van der Waals surface area contributed by atoms with Crippen molar-refractivity contribution in [3.05, 3.63) is 235 Å². The number of fused-ring (bicyclic) bond motifs is 2. The number of ether oxygens (including phenoxy) is 2. The van der Waals surface area contributed by atoms with Gasteiger partial charge in [0.2, 0.25) is 11.8 Å². The van der Waals surface area contributed by atoms with Gasteiger partial charge in [-0.05, 0) is 97.8 Å². The van der Waals surface area contributed by atoms with Gasteiger partial charge in [-0.2, -0.15) is 0 Å². The number of nitrogens with one attached hydrogen (secondary N) is 1. The van der Waals surface area contributed by atoms with Crippen LogP contribution in [-0.4, -0.2) is 46.2 Å². The Hall–Kier alpha value is -9.38. The maximum absolute atomic E-state index is 13.5. The van der Waals surface area contributed by atoms with Gasteiger partial charge in [0, 0.05) is 5.69 Å². The molecule has 17 heteroatoms. The van der Waals surface area contributed by atoms with Gasteiger partial charge in [-0.1, -0.05) is 244 Å². The Kier molecular flexibility index (Phi) is 52.5. The maximum atomic E-state index is 13.5. The summed E-state index contributed by atoms with van der Waals surface area (Å²) in [5.74, 6) is -1.60. The lowest BCUT2D eigenvalue weighted by Crippen LogP contribution is -2.23. The lowest BCUT2D eigenvalue weighted by Gasteiger charge is -2.20. The molecule has 0 aliphatic heterocycles. The van der Waals surface area contributed by atoms with E-state index in [4.69, 9.17) is 46.7 Å². The van der Waals surface area contributed by atoms with Crippen molar-refractivity contribution >= 4 is 63.3 Å². The van der Waals surface area contributed by atoms with Crippen LogP contribution in [0.4, 0.5) is 20.2 Å². The first kappa shape index (κ1) is 86.8. The third-order valence-corrected chi connectivity index (χ3v) is 10.7. The van der Waals surface area contributed by atoms with Gasteiger partial charge in [-0.3, -0.25) is 0 Å².